The number of rotatable bonds is 4. The highest BCUT2D eigenvalue weighted by atomic mass is 16.5. The highest BCUT2D eigenvalue weighted by molar-refractivity contribution is 6.05. The van der Waals surface area contributed by atoms with Crippen molar-refractivity contribution >= 4 is 23.6 Å². The van der Waals surface area contributed by atoms with Crippen LogP contribution < -0.4 is 14.4 Å². The van der Waals surface area contributed by atoms with Crippen LogP contribution in [0.4, 0.5) is 5.69 Å². The molecule has 0 aromatic heterocycles. The van der Waals surface area contributed by atoms with Crippen molar-refractivity contribution < 1.29 is 19.1 Å². The number of hydrogen-bond donors (Lipinski definition) is 0. The highest BCUT2D eigenvalue weighted by Gasteiger charge is 2.35. The van der Waals surface area contributed by atoms with Crippen molar-refractivity contribution in [1.29, 1.82) is 0 Å². The Balaban J connectivity index is 1.55. The average molecular weight is 406 g/mol. The number of carbonyl (C=O) groups excluding carboxylic acids is 2. The van der Waals surface area contributed by atoms with Gasteiger partial charge in [-0.3, -0.25) is 9.59 Å². The Hall–Kier alpha value is -3.28. The molecule has 4 rings (SSSR count). The average Bonchev–Trinajstić information content (AvgIpc) is 2.82. The third-order valence-electron chi connectivity index (χ3n) is 5.50. The van der Waals surface area contributed by atoms with Crippen molar-refractivity contribution in [2.75, 3.05) is 31.6 Å². The molecular formula is C24H26N2O4. The smallest absolute Gasteiger partial charge is 0.265 e. The van der Waals surface area contributed by atoms with Gasteiger partial charge in [-0.1, -0.05) is 24.3 Å². The van der Waals surface area contributed by atoms with E-state index in [1.165, 1.54) is 6.08 Å². The van der Waals surface area contributed by atoms with E-state index in [0.717, 1.165) is 43.7 Å². The number of anilines is 1. The maximum absolute atomic E-state index is 13.1. The van der Waals surface area contributed by atoms with Crippen LogP contribution >= 0.6 is 0 Å². The van der Waals surface area contributed by atoms with Gasteiger partial charge in [0.05, 0.1) is 19.3 Å². The molecule has 1 fully saturated rings. The van der Waals surface area contributed by atoms with Gasteiger partial charge in [0.2, 0.25) is 0 Å². The van der Waals surface area contributed by atoms with Crippen molar-refractivity contribution in [3.63, 3.8) is 0 Å². The Kier molecular flexibility index (Phi) is 6.02. The van der Waals surface area contributed by atoms with Crippen molar-refractivity contribution in [2.24, 2.45) is 0 Å². The largest absolute Gasteiger partial charge is 0.497 e. The minimum atomic E-state index is -0.688. The van der Waals surface area contributed by atoms with Crippen molar-refractivity contribution in [1.82, 2.24) is 4.90 Å². The van der Waals surface area contributed by atoms with E-state index in [4.69, 9.17) is 9.47 Å². The van der Waals surface area contributed by atoms with Gasteiger partial charge in [-0.2, -0.15) is 0 Å². The summed E-state index contributed by atoms with van der Waals surface area (Å²) < 4.78 is 11.2. The second-order valence-corrected chi connectivity index (χ2v) is 7.52. The van der Waals surface area contributed by atoms with Gasteiger partial charge < -0.3 is 19.3 Å². The molecule has 1 unspecified atom stereocenters. The molecule has 0 bridgehead atoms. The fourth-order valence-electron chi connectivity index (χ4n) is 3.89. The third-order valence-corrected chi connectivity index (χ3v) is 5.50. The number of ether oxygens (including phenoxy) is 2. The molecule has 0 radical (unpaired) electrons. The number of amides is 2. The van der Waals surface area contributed by atoms with Crippen LogP contribution in [-0.2, 0) is 9.59 Å². The van der Waals surface area contributed by atoms with Crippen LogP contribution in [0, 0.1) is 0 Å². The summed E-state index contributed by atoms with van der Waals surface area (Å²) in [6, 6.07) is 14.9. The predicted octanol–water partition coefficient (Wildman–Crippen LogP) is 3.52. The number of para-hydroxylation sites is 2. The van der Waals surface area contributed by atoms with Gasteiger partial charge in [0, 0.05) is 19.2 Å². The van der Waals surface area contributed by atoms with E-state index in [2.05, 4.69) is 0 Å². The fourth-order valence-corrected chi connectivity index (χ4v) is 3.89. The van der Waals surface area contributed by atoms with Crippen LogP contribution in [0.15, 0.2) is 54.6 Å². The molecule has 1 atom stereocenters. The molecule has 2 heterocycles. The molecular weight excluding hydrogens is 380 g/mol. The SMILES string of the molecule is COc1cccc(/C=C/C(=O)N2CC(C(=O)N3CCCCC3)Oc3ccccc32)c1. The summed E-state index contributed by atoms with van der Waals surface area (Å²) in [5.74, 6) is 1.06. The van der Waals surface area contributed by atoms with Crippen molar-refractivity contribution in [3.05, 3.63) is 60.2 Å². The molecule has 1 saturated heterocycles. The Bertz CT molecular complexity index is 950. The monoisotopic (exact) mass is 406 g/mol. The molecule has 0 spiro atoms. The Morgan fingerprint density at radius 1 is 1.07 bits per heavy atom. The minimum Gasteiger partial charge on any atom is -0.497 e. The number of nitrogens with zero attached hydrogens (tertiary/aromatic N) is 2. The minimum absolute atomic E-state index is 0.0428. The van der Waals surface area contributed by atoms with Gasteiger partial charge in [0.1, 0.15) is 11.5 Å². The standard InChI is InChI=1S/C24H26N2O4/c1-29-19-9-7-8-18(16-19)12-13-23(27)26-17-22(24(28)25-14-5-2-6-15-25)30-21-11-4-3-10-20(21)26/h3-4,7-13,16,22H,2,5-6,14-15,17H2,1H3/b13-12+. The van der Waals surface area contributed by atoms with Gasteiger partial charge in [-0.25, -0.2) is 0 Å². The molecule has 30 heavy (non-hydrogen) atoms. The number of likely N-dealkylation sites (tertiary alicyclic amines) is 1. The molecule has 0 saturated carbocycles. The maximum atomic E-state index is 13.1. The van der Waals surface area contributed by atoms with Crippen LogP contribution in [-0.4, -0.2) is 49.6 Å². The number of methoxy groups -OCH3 is 1. The van der Waals surface area contributed by atoms with E-state index in [1.807, 2.05) is 47.4 Å². The molecule has 2 aliphatic rings. The normalized spacial score (nSPS) is 18.6. The number of hydrogen-bond acceptors (Lipinski definition) is 4. The van der Waals surface area contributed by atoms with E-state index in [-0.39, 0.29) is 18.4 Å². The summed E-state index contributed by atoms with van der Waals surface area (Å²) in [5, 5.41) is 0. The predicted molar refractivity (Wildman–Crippen MR) is 116 cm³/mol. The fraction of sp³-hybridized carbons (Fsp3) is 0.333. The summed E-state index contributed by atoms with van der Waals surface area (Å²) in [7, 11) is 1.61. The van der Waals surface area contributed by atoms with Crippen LogP contribution in [0.25, 0.3) is 6.08 Å². The Morgan fingerprint density at radius 3 is 2.67 bits per heavy atom. The first kappa shape index (κ1) is 20.0. The summed E-state index contributed by atoms with van der Waals surface area (Å²) in [5.41, 5.74) is 1.55. The Labute approximate surface area is 176 Å². The topological polar surface area (TPSA) is 59.1 Å². The van der Waals surface area contributed by atoms with Gasteiger partial charge in [-0.05, 0) is 55.2 Å². The second-order valence-electron chi connectivity index (χ2n) is 7.52. The van der Waals surface area contributed by atoms with Crippen molar-refractivity contribution in [3.8, 4) is 11.5 Å². The zero-order chi connectivity index (χ0) is 20.9. The molecule has 156 valence electrons. The number of carbonyl (C=O) groups is 2. The molecule has 2 amide bonds. The molecule has 2 aromatic rings. The summed E-state index contributed by atoms with van der Waals surface area (Å²) in [4.78, 5) is 29.6. The van der Waals surface area contributed by atoms with Crippen LogP contribution in [0.2, 0.25) is 0 Å². The molecule has 0 N–H and O–H groups in total. The summed E-state index contributed by atoms with van der Waals surface area (Å²) in [6.45, 7) is 1.71. The third kappa shape index (κ3) is 4.32. The van der Waals surface area contributed by atoms with E-state index in [1.54, 1.807) is 24.2 Å². The van der Waals surface area contributed by atoms with Gasteiger partial charge >= 0.3 is 0 Å². The van der Waals surface area contributed by atoms with Crippen LogP contribution in [0.3, 0.4) is 0 Å². The van der Waals surface area contributed by atoms with E-state index in [0.29, 0.717) is 11.4 Å². The number of piperidine rings is 1. The number of benzene rings is 2. The lowest BCUT2D eigenvalue weighted by Gasteiger charge is -2.37. The van der Waals surface area contributed by atoms with Gasteiger partial charge in [-0.15, -0.1) is 0 Å². The van der Waals surface area contributed by atoms with Crippen LogP contribution in [0.1, 0.15) is 24.8 Å². The lowest BCUT2D eigenvalue weighted by molar-refractivity contribution is -0.139. The zero-order valence-electron chi connectivity index (χ0n) is 17.1. The van der Waals surface area contributed by atoms with E-state index in [9.17, 15) is 9.59 Å². The van der Waals surface area contributed by atoms with Crippen molar-refractivity contribution in [2.45, 2.75) is 25.4 Å². The first-order valence-corrected chi connectivity index (χ1v) is 10.3. The lowest BCUT2D eigenvalue weighted by Crippen LogP contribution is -2.52. The first-order chi connectivity index (χ1) is 14.7. The van der Waals surface area contributed by atoms with Gasteiger partial charge in [0.25, 0.3) is 11.8 Å². The Morgan fingerprint density at radius 2 is 1.87 bits per heavy atom. The summed E-state index contributed by atoms with van der Waals surface area (Å²) >= 11 is 0. The van der Waals surface area contributed by atoms with Crippen LogP contribution in [0.5, 0.6) is 11.5 Å². The maximum Gasteiger partial charge on any atom is 0.265 e. The lowest BCUT2D eigenvalue weighted by atomic mass is 10.1. The zero-order valence-corrected chi connectivity index (χ0v) is 17.1. The molecule has 0 aliphatic carbocycles. The molecule has 2 aliphatic heterocycles. The molecule has 6 nitrogen and oxygen atoms in total. The molecule has 6 heteroatoms. The quantitative estimate of drug-likeness (QED) is 0.729. The highest BCUT2D eigenvalue weighted by Crippen LogP contribution is 2.34. The van der Waals surface area contributed by atoms with E-state index < -0.39 is 6.10 Å². The second kappa shape index (κ2) is 9.03. The number of fused-ring (bicyclic) bond motifs is 1. The summed E-state index contributed by atoms with van der Waals surface area (Å²) in [6.07, 6.45) is 5.77. The molecule has 2 aromatic carbocycles. The first-order valence-electron chi connectivity index (χ1n) is 10.3. The van der Waals surface area contributed by atoms with Gasteiger partial charge in [0.15, 0.2) is 6.10 Å². The van der Waals surface area contributed by atoms with E-state index >= 15 is 0 Å².